The van der Waals surface area contributed by atoms with Crippen LogP contribution in [0.5, 0.6) is 5.75 Å². The fourth-order valence-electron chi connectivity index (χ4n) is 3.14. The number of ether oxygens (including phenoxy) is 1. The van der Waals surface area contributed by atoms with Crippen molar-refractivity contribution in [3.63, 3.8) is 0 Å². The molecule has 27 heavy (non-hydrogen) atoms. The zero-order valence-electron chi connectivity index (χ0n) is 15.2. The van der Waals surface area contributed by atoms with E-state index < -0.39 is 15.6 Å². The molecule has 3 rings (SSSR count). The van der Waals surface area contributed by atoms with Gasteiger partial charge in [0.05, 0.1) is 22.9 Å². The van der Waals surface area contributed by atoms with Gasteiger partial charge in [-0.05, 0) is 38.1 Å². The average Bonchev–Trinajstić information content (AvgIpc) is 2.52. The van der Waals surface area contributed by atoms with Gasteiger partial charge >= 0.3 is 0 Å². The predicted octanol–water partition coefficient (Wildman–Crippen LogP) is 3.74. The maximum atomic E-state index is 12.8. The van der Waals surface area contributed by atoms with E-state index in [1.54, 1.807) is 0 Å². The van der Waals surface area contributed by atoms with Crippen LogP contribution in [0.3, 0.4) is 0 Å². The molecule has 0 aromatic heterocycles. The molecule has 0 radical (unpaired) electrons. The second-order valence-corrected chi connectivity index (χ2v) is 9.35. The van der Waals surface area contributed by atoms with Gasteiger partial charge in [-0.25, -0.2) is 8.42 Å². The number of fused-ring (bicyclic) bond motifs is 1. The molecule has 0 spiro atoms. The molecule has 1 unspecified atom stereocenters. The Morgan fingerprint density at radius 2 is 1.93 bits per heavy atom. The fraction of sp³-hybridized carbons (Fsp3) is 0.316. The number of carbonyl (C=O) groups excluding carboxylic acids is 1. The van der Waals surface area contributed by atoms with Crippen LogP contribution in [0, 0.1) is 0 Å². The minimum absolute atomic E-state index is 0.167. The Kier molecular flexibility index (Phi) is 5.10. The van der Waals surface area contributed by atoms with Crippen LogP contribution in [-0.2, 0) is 10.0 Å². The van der Waals surface area contributed by atoms with E-state index >= 15 is 0 Å². The summed E-state index contributed by atoms with van der Waals surface area (Å²) in [5.74, 6) is 0.418. The van der Waals surface area contributed by atoms with E-state index in [4.69, 9.17) is 16.3 Å². The monoisotopic (exact) mass is 408 g/mol. The molecule has 2 aromatic carbocycles. The fourth-order valence-corrected chi connectivity index (χ4v) is 3.97. The molecular weight excluding hydrogens is 388 g/mol. The van der Waals surface area contributed by atoms with Crippen LogP contribution in [0.1, 0.15) is 42.2 Å². The third-order valence-corrected chi connectivity index (χ3v) is 5.12. The Balaban J connectivity index is 1.83. The standard InChI is InChI=1S/C19H21ClN2O4S/c1-19(2)11-16(14-6-4-5-7-17(14)26-19)21-18(23)13-9-8-12(10-15(13)20)22-27(3,24)25/h4-10,16,22H,11H2,1-3H3,(H,21,23). The van der Waals surface area contributed by atoms with Gasteiger partial charge in [0.1, 0.15) is 11.4 Å². The van der Waals surface area contributed by atoms with Crippen molar-refractivity contribution < 1.29 is 17.9 Å². The average molecular weight is 409 g/mol. The summed E-state index contributed by atoms with van der Waals surface area (Å²) < 4.78 is 31.0. The Morgan fingerprint density at radius 1 is 1.22 bits per heavy atom. The number of hydrogen-bond donors (Lipinski definition) is 2. The molecule has 6 nitrogen and oxygen atoms in total. The summed E-state index contributed by atoms with van der Waals surface area (Å²) >= 11 is 6.21. The van der Waals surface area contributed by atoms with E-state index in [0.29, 0.717) is 12.1 Å². The smallest absolute Gasteiger partial charge is 0.253 e. The molecule has 0 saturated heterocycles. The van der Waals surface area contributed by atoms with Crippen LogP contribution < -0.4 is 14.8 Å². The molecule has 1 amide bonds. The lowest BCUT2D eigenvalue weighted by molar-refractivity contribution is 0.0620. The van der Waals surface area contributed by atoms with Gasteiger partial charge < -0.3 is 10.1 Å². The SMILES string of the molecule is CC1(C)CC(NC(=O)c2ccc(NS(C)(=O)=O)cc2Cl)c2ccccc2O1. The highest BCUT2D eigenvalue weighted by Gasteiger charge is 2.34. The molecule has 8 heteroatoms. The lowest BCUT2D eigenvalue weighted by atomic mass is 9.89. The number of carbonyl (C=O) groups is 1. The third kappa shape index (κ3) is 4.73. The minimum Gasteiger partial charge on any atom is -0.487 e. The molecule has 1 aliphatic rings. The molecule has 144 valence electrons. The molecule has 0 fully saturated rings. The molecule has 1 heterocycles. The highest BCUT2D eigenvalue weighted by atomic mass is 35.5. The normalized spacial score (nSPS) is 18.1. The largest absolute Gasteiger partial charge is 0.487 e. The summed E-state index contributed by atoms with van der Waals surface area (Å²) in [6.45, 7) is 3.95. The zero-order chi connectivity index (χ0) is 19.8. The van der Waals surface area contributed by atoms with E-state index in [9.17, 15) is 13.2 Å². The summed E-state index contributed by atoms with van der Waals surface area (Å²) in [4.78, 5) is 12.8. The van der Waals surface area contributed by atoms with Crippen molar-refractivity contribution >= 4 is 33.2 Å². The Hall–Kier alpha value is -2.25. The van der Waals surface area contributed by atoms with Crippen molar-refractivity contribution in [2.45, 2.75) is 31.9 Å². The highest BCUT2D eigenvalue weighted by molar-refractivity contribution is 7.92. The second kappa shape index (κ2) is 7.05. The van der Waals surface area contributed by atoms with Crippen LogP contribution in [-0.4, -0.2) is 26.2 Å². The van der Waals surface area contributed by atoms with Gasteiger partial charge in [0.25, 0.3) is 5.91 Å². The molecule has 2 N–H and O–H groups in total. The Labute approximate surface area is 163 Å². The number of amides is 1. The van der Waals surface area contributed by atoms with Gasteiger partial charge in [-0.1, -0.05) is 29.8 Å². The molecule has 0 aliphatic carbocycles. The Morgan fingerprint density at radius 3 is 2.59 bits per heavy atom. The summed E-state index contributed by atoms with van der Waals surface area (Å²) in [7, 11) is -3.42. The summed E-state index contributed by atoms with van der Waals surface area (Å²) in [6.07, 6.45) is 1.66. The van der Waals surface area contributed by atoms with Crippen LogP contribution in [0.25, 0.3) is 0 Å². The first-order chi connectivity index (χ1) is 12.5. The second-order valence-electron chi connectivity index (χ2n) is 7.20. The number of para-hydroxylation sites is 1. The van der Waals surface area contributed by atoms with Crippen molar-refractivity contribution in [1.29, 1.82) is 0 Å². The number of sulfonamides is 1. The number of benzene rings is 2. The summed E-state index contributed by atoms with van der Waals surface area (Å²) in [5, 5.41) is 3.18. The van der Waals surface area contributed by atoms with Crippen molar-refractivity contribution in [2.75, 3.05) is 11.0 Å². The minimum atomic E-state index is -3.42. The van der Waals surface area contributed by atoms with Crippen molar-refractivity contribution in [3.05, 3.63) is 58.6 Å². The molecule has 0 bridgehead atoms. The van der Waals surface area contributed by atoms with Gasteiger partial charge in [-0.3, -0.25) is 9.52 Å². The number of anilines is 1. The highest BCUT2D eigenvalue weighted by Crippen LogP contribution is 2.39. The lowest BCUT2D eigenvalue weighted by Gasteiger charge is -2.37. The summed E-state index contributed by atoms with van der Waals surface area (Å²) in [5.41, 5.74) is 1.07. The Bertz CT molecular complexity index is 989. The summed E-state index contributed by atoms with van der Waals surface area (Å²) in [6, 6.07) is 11.8. The van der Waals surface area contributed by atoms with E-state index in [-0.39, 0.29) is 22.5 Å². The number of hydrogen-bond acceptors (Lipinski definition) is 4. The number of rotatable bonds is 4. The number of nitrogens with one attached hydrogen (secondary N) is 2. The molecule has 1 aliphatic heterocycles. The maximum absolute atomic E-state index is 12.8. The van der Waals surface area contributed by atoms with Crippen LogP contribution >= 0.6 is 11.6 Å². The van der Waals surface area contributed by atoms with E-state index in [2.05, 4.69) is 10.0 Å². The number of halogens is 1. The van der Waals surface area contributed by atoms with Crippen LogP contribution in [0.15, 0.2) is 42.5 Å². The zero-order valence-corrected chi connectivity index (χ0v) is 16.8. The first kappa shape index (κ1) is 19.5. The molecule has 0 saturated carbocycles. The predicted molar refractivity (Wildman–Crippen MR) is 106 cm³/mol. The van der Waals surface area contributed by atoms with Gasteiger partial charge in [-0.2, -0.15) is 0 Å². The topological polar surface area (TPSA) is 84.5 Å². The molecule has 2 aromatic rings. The maximum Gasteiger partial charge on any atom is 0.253 e. The van der Waals surface area contributed by atoms with E-state index in [1.807, 2.05) is 38.1 Å². The van der Waals surface area contributed by atoms with Gasteiger partial charge in [0, 0.05) is 17.7 Å². The van der Waals surface area contributed by atoms with Crippen molar-refractivity contribution in [1.82, 2.24) is 5.32 Å². The van der Waals surface area contributed by atoms with Crippen molar-refractivity contribution in [2.24, 2.45) is 0 Å². The van der Waals surface area contributed by atoms with E-state index in [1.165, 1.54) is 18.2 Å². The van der Waals surface area contributed by atoms with Crippen LogP contribution in [0.2, 0.25) is 5.02 Å². The van der Waals surface area contributed by atoms with Gasteiger partial charge in [0.2, 0.25) is 10.0 Å². The van der Waals surface area contributed by atoms with Crippen LogP contribution in [0.4, 0.5) is 5.69 Å². The van der Waals surface area contributed by atoms with Gasteiger partial charge in [-0.15, -0.1) is 0 Å². The lowest BCUT2D eigenvalue weighted by Crippen LogP contribution is -2.41. The molecule has 1 atom stereocenters. The molecular formula is C19H21ClN2O4S. The first-order valence-corrected chi connectivity index (χ1v) is 10.7. The first-order valence-electron chi connectivity index (χ1n) is 8.40. The third-order valence-electron chi connectivity index (χ3n) is 4.20. The van der Waals surface area contributed by atoms with E-state index in [0.717, 1.165) is 17.6 Å². The quantitative estimate of drug-likeness (QED) is 0.806. The van der Waals surface area contributed by atoms with Gasteiger partial charge in [0.15, 0.2) is 0 Å². The van der Waals surface area contributed by atoms with Crippen molar-refractivity contribution in [3.8, 4) is 5.75 Å².